The van der Waals surface area contributed by atoms with Crippen LogP contribution in [0.2, 0.25) is 0 Å². The molecule has 28 heavy (non-hydrogen) atoms. The summed E-state index contributed by atoms with van der Waals surface area (Å²) in [5.74, 6) is -2.15. The highest BCUT2D eigenvalue weighted by atomic mass is 19.1. The van der Waals surface area contributed by atoms with Crippen LogP contribution in [0, 0.1) is 26.6 Å². The number of carbonyl (C=O) groups excluding carboxylic acids is 1. The summed E-state index contributed by atoms with van der Waals surface area (Å²) < 4.78 is 14.2. The predicted molar refractivity (Wildman–Crippen MR) is 105 cm³/mol. The fourth-order valence-corrected chi connectivity index (χ4v) is 3.40. The smallest absolute Gasteiger partial charge is 0.305 e. The van der Waals surface area contributed by atoms with Gasteiger partial charge in [-0.3, -0.25) is 14.6 Å². The first-order valence-electron chi connectivity index (χ1n) is 8.92. The topological polar surface area (TPSA) is 79.3 Å². The van der Waals surface area contributed by atoms with Gasteiger partial charge in [0.2, 0.25) is 0 Å². The van der Waals surface area contributed by atoms with Gasteiger partial charge in [-0.2, -0.15) is 0 Å². The molecule has 0 spiro atoms. The van der Waals surface area contributed by atoms with Gasteiger partial charge in [0.1, 0.15) is 5.82 Å². The summed E-state index contributed by atoms with van der Waals surface area (Å²) in [5.41, 5.74) is 3.85. The second kappa shape index (κ2) is 7.76. The molecule has 5 nitrogen and oxygen atoms in total. The van der Waals surface area contributed by atoms with E-state index in [1.54, 1.807) is 19.1 Å². The van der Waals surface area contributed by atoms with Crippen molar-refractivity contribution < 1.29 is 19.1 Å². The summed E-state index contributed by atoms with van der Waals surface area (Å²) >= 11 is 0. The lowest BCUT2D eigenvalue weighted by molar-refractivity contribution is -0.137. The number of aromatic nitrogens is 1. The fourth-order valence-electron chi connectivity index (χ4n) is 3.40. The van der Waals surface area contributed by atoms with Crippen molar-refractivity contribution in [2.45, 2.75) is 33.2 Å². The lowest BCUT2D eigenvalue weighted by Crippen LogP contribution is -2.31. The third-order valence-electron chi connectivity index (χ3n) is 4.59. The van der Waals surface area contributed by atoms with Crippen molar-refractivity contribution in [3.8, 4) is 0 Å². The molecule has 6 heteroatoms. The van der Waals surface area contributed by atoms with Gasteiger partial charge in [-0.05, 0) is 44.5 Å². The average molecular weight is 380 g/mol. The van der Waals surface area contributed by atoms with E-state index in [0.29, 0.717) is 16.6 Å². The maximum absolute atomic E-state index is 14.2. The summed E-state index contributed by atoms with van der Waals surface area (Å²) in [6.45, 7) is 5.65. The van der Waals surface area contributed by atoms with Crippen LogP contribution < -0.4 is 5.32 Å². The molecule has 0 saturated carbocycles. The van der Waals surface area contributed by atoms with Crippen LogP contribution in [-0.4, -0.2) is 22.0 Å². The van der Waals surface area contributed by atoms with Gasteiger partial charge in [0, 0.05) is 16.6 Å². The number of amides is 1. The molecular formula is C22H21FN2O3. The van der Waals surface area contributed by atoms with E-state index in [-0.39, 0.29) is 5.56 Å². The maximum Gasteiger partial charge on any atom is 0.305 e. The molecule has 0 radical (unpaired) electrons. The molecule has 1 heterocycles. The number of rotatable bonds is 5. The van der Waals surface area contributed by atoms with Crippen LogP contribution in [0.25, 0.3) is 10.9 Å². The first-order valence-corrected chi connectivity index (χ1v) is 8.92. The number of nitrogens with one attached hydrogen (secondary N) is 1. The fraction of sp³-hybridized carbons (Fsp3) is 0.227. The molecule has 3 aromatic rings. The van der Waals surface area contributed by atoms with E-state index in [0.717, 1.165) is 16.6 Å². The Bertz CT molecular complexity index is 1080. The number of fused-ring (bicyclic) bond motifs is 1. The van der Waals surface area contributed by atoms with Crippen molar-refractivity contribution >= 4 is 22.8 Å². The zero-order chi connectivity index (χ0) is 20.4. The van der Waals surface area contributed by atoms with Crippen LogP contribution in [0.3, 0.4) is 0 Å². The van der Waals surface area contributed by atoms with E-state index < -0.39 is 30.2 Å². The SMILES string of the molecule is Cc1cc(C)c2nc(C)cc(C(=O)N[C@@H](CC(=O)O)c3ccccc3F)c2c1. The van der Waals surface area contributed by atoms with E-state index in [1.807, 2.05) is 26.0 Å². The molecule has 1 atom stereocenters. The van der Waals surface area contributed by atoms with Gasteiger partial charge in [0.15, 0.2) is 0 Å². The molecule has 3 rings (SSSR count). The zero-order valence-electron chi connectivity index (χ0n) is 15.9. The Kier molecular flexibility index (Phi) is 5.40. The van der Waals surface area contributed by atoms with Gasteiger partial charge in [0.25, 0.3) is 5.91 Å². The molecule has 144 valence electrons. The molecule has 2 N–H and O–H groups in total. The lowest BCUT2D eigenvalue weighted by Gasteiger charge is -2.19. The Labute approximate surface area is 162 Å². The molecule has 0 aliphatic rings. The van der Waals surface area contributed by atoms with Crippen molar-refractivity contribution in [3.05, 3.63) is 76.2 Å². The molecule has 0 saturated heterocycles. The van der Waals surface area contributed by atoms with E-state index in [2.05, 4.69) is 10.3 Å². The van der Waals surface area contributed by atoms with Crippen LogP contribution in [0.1, 0.15) is 45.2 Å². The molecule has 0 aliphatic carbocycles. The van der Waals surface area contributed by atoms with Crippen molar-refractivity contribution in [2.24, 2.45) is 0 Å². The van der Waals surface area contributed by atoms with Gasteiger partial charge < -0.3 is 10.4 Å². The van der Waals surface area contributed by atoms with Gasteiger partial charge in [-0.1, -0.05) is 29.8 Å². The number of aliphatic carboxylic acids is 1. The standard InChI is InChI=1S/C22H21FN2O3/c1-12-8-13(2)21-16(9-12)17(10-14(3)24-21)22(28)25-19(11-20(26)27)15-6-4-5-7-18(15)23/h4-10,19H,11H2,1-3H3,(H,25,28)(H,26,27)/t19-/m0/s1. The summed E-state index contributed by atoms with van der Waals surface area (Å²) in [4.78, 5) is 28.9. The molecular weight excluding hydrogens is 359 g/mol. The summed E-state index contributed by atoms with van der Waals surface area (Å²) in [6.07, 6.45) is -0.424. The Morgan fingerprint density at radius 2 is 1.86 bits per heavy atom. The molecule has 1 aromatic heterocycles. The second-order valence-corrected chi connectivity index (χ2v) is 6.93. The van der Waals surface area contributed by atoms with E-state index in [9.17, 15) is 19.1 Å². The van der Waals surface area contributed by atoms with Crippen molar-refractivity contribution in [2.75, 3.05) is 0 Å². The van der Waals surface area contributed by atoms with Crippen LogP contribution in [0.4, 0.5) is 4.39 Å². The van der Waals surface area contributed by atoms with E-state index in [4.69, 9.17) is 0 Å². The Morgan fingerprint density at radius 1 is 1.14 bits per heavy atom. The molecule has 2 aromatic carbocycles. The number of carboxylic acids is 1. The number of carbonyl (C=O) groups is 2. The molecule has 0 fully saturated rings. The minimum absolute atomic E-state index is 0.140. The van der Waals surface area contributed by atoms with Gasteiger partial charge in [-0.15, -0.1) is 0 Å². The van der Waals surface area contributed by atoms with E-state index in [1.165, 1.54) is 18.2 Å². The first-order chi connectivity index (χ1) is 13.3. The average Bonchev–Trinajstić information content (AvgIpc) is 2.61. The Balaban J connectivity index is 2.05. The first kappa shape index (κ1) is 19.5. The van der Waals surface area contributed by atoms with E-state index >= 15 is 0 Å². The minimum Gasteiger partial charge on any atom is -0.481 e. The quantitative estimate of drug-likeness (QED) is 0.694. The van der Waals surface area contributed by atoms with Crippen LogP contribution in [-0.2, 0) is 4.79 Å². The van der Waals surface area contributed by atoms with Crippen LogP contribution in [0.5, 0.6) is 0 Å². The molecule has 0 bridgehead atoms. The number of carboxylic acid groups (broad SMARTS) is 1. The normalized spacial score (nSPS) is 12.0. The molecule has 0 aliphatic heterocycles. The highest BCUT2D eigenvalue weighted by Crippen LogP contribution is 2.25. The number of halogens is 1. The predicted octanol–water partition coefficient (Wildman–Crippen LogP) is 4.24. The third kappa shape index (κ3) is 4.01. The molecule has 0 unspecified atom stereocenters. The lowest BCUT2D eigenvalue weighted by atomic mass is 9.99. The highest BCUT2D eigenvalue weighted by molar-refractivity contribution is 6.07. The van der Waals surface area contributed by atoms with Gasteiger partial charge in [-0.25, -0.2) is 4.39 Å². The number of hydrogen-bond acceptors (Lipinski definition) is 3. The van der Waals surface area contributed by atoms with Crippen molar-refractivity contribution in [3.63, 3.8) is 0 Å². The monoisotopic (exact) mass is 380 g/mol. The van der Waals surface area contributed by atoms with Crippen LogP contribution in [0.15, 0.2) is 42.5 Å². The molecule has 1 amide bonds. The van der Waals surface area contributed by atoms with Gasteiger partial charge in [0.05, 0.1) is 23.5 Å². The Morgan fingerprint density at radius 3 is 2.54 bits per heavy atom. The maximum atomic E-state index is 14.2. The summed E-state index contributed by atoms with van der Waals surface area (Å²) in [6, 6.07) is 10.4. The summed E-state index contributed by atoms with van der Waals surface area (Å²) in [7, 11) is 0. The van der Waals surface area contributed by atoms with Crippen molar-refractivity contribution in [1.29, 1.82) is 0 Å². The minimum atomic E-state index is -1.13. The number of pyridine rings is 1. The van der Waals surface area contributed by atoms with Crippen molar-refractivity contribution in [1.82, 2.24) is 10.3 Å². The highest BCUT2D eigenvalue weighted by Gasteiger charge is 2.23. The zero-order valence-corrected chi connectivity index (χ0v) is 15.9. The Hall–Kier alpha value is -3.28. The second-order valence-electron chi connectivity index (χ2n) is 6.93. The number of aryl methyl sites for hydroxylation is 3. The number of hydrogen-bond donors (Lipinski definition) is 2. The van der Waals surface area contributed by atoms with Gasteiger partial charge >= 0.3 is 5.97 Å². The summed E-state index contributed by atoms with van der Waals surface area (Å²) in [5, 5.41) is 12.6. The van der Waals surface area contributed by atoms with Crippen LogP contribution >= 0.6 is 0 Å². The largest absolute Gasteiger partial charge is 0.481 e. The number of benzene rings is 2. The number of nitrogens with zero attached hydrogens (tertiary/aromatic N) is 1. The third-order valence-corrected chi connectivity index (χ3v) is 4.59.